The van der Waals surface area contributed by atoms with Gasteiger partial charge in [0.1, 0.15) is 17.9 Å². The van der Waals surface area contributed by atoms with Gasteiger partial charge in [-0.05, 0) is 11.6 Å². The maximum atomic E-state index is 11.7. The van der Waals surface area contributed by atoms with Crippen molar-refractivity contribution in [3.05, 3.63) is 71.9 Å². The molecule has 116 valence electrons. The molecule has 0 saturated heterocycles. The molecule has 0 spiro atoms. The van der Waals surface area contributed by atoms with Gasteiger partial charge in [0.15, 0.2) is 0 Å². The highest BCUT2D eigenvalue weighted by molar-refractivity contribution is 5.85. The lowest BCUT2D eigenvalue weighted by molar-refractivity contribution is 0.139. The Morgan fingerprint density at radius 3 is 2.74 bits per heavy atom. The number of alkyl carbamates (subject to hydrolysis) is 1. The van der Waals surface area contributed by atoms with E-state index in [0.29, 0.717) is 11.1 Å². The van der Waals surface area contributed by atoms with Crippen molar-refractivity contribution >= 4 is 17.0 Å². The van der Waals surface area contributed by atoms with Crippen molar-refractivity contribution in [3.63, 3.8) is 0 Å². The SMILES string of the molecule is O=C(NCc1ccc2cccnc2c1O)OCc1ccccc1. The smallest absolute Gasteiger partial charge is 0.407 e. The quantitative estimate of drug-likeness (QED) is 0.775. The van der Waals surface area contributed by atoms with Gasteiger partial charge in [0.2, 0.25) is 0 Å². The number of benzene rings is 2. The monoisotopic (exact) mass is 308 g/mol. The summed E-state index contributed by atoms with van der Waals surface area (Å²) in [5, 5.41) is 13.7. The highest BCUT2D eigenvalue weighted by Gasteiger charge is 2.09. The van der Waals surface area contributed by atoms with Crippen LogP contribution in [-0.4, -0.2) is 16.2 Å². The minimum absolute atomic E-state index is 0.0754. The number of fused-ring (bicyclic) bond motifs is 1. The molecule has 0 saturated carbocycles. The molecule has 0 aliphatic rings. The fourth-order valence-corrected chi connectivity index (χ4v) is 2.26. The number of nitrogens with zero attached hydrogens (tertiary/aromatic N) is 1. The lowest BCUT2D eigenvalue weighted by atomic mass is 10.1. The van der Waals surface area contributed by atoms with Gasteiger partial charge in [0.25, 0.3) is 0 Å². The Labute approximate surface area is 133 Å². The van der Waals surface area contributed by atoms with Gasteiger partial charge in [0.05, 0.1) is 0 Å². The first-order chi connectivity index (χ1) is 11.2. The summed E-state index contributed by atoms with van der Waals surface area (Å²) in [6.45, 7) is 0.379. The second-order valence-corrected chi connectivity index (χ2v) is 5.06. The van der Waals surface area contributed by atoms with Gasteiger partial charge in [-0.25, -0.2) is 4.79 Å². The van der Waals surface area contributed by atoms with Gasteiger partial charge in [-0.1, -0.05) is 48.5 Å². The fraction of sp³-hybridized carbons (Fsp3) is 0.111. The Morgan fingerprint density at radius 2 is 1.91 bits per heavy atom. The van der Waals surface area contributed by atoms with Crippen LogP contribution < -0.4 is 5.32 Å². The van der Waals surface area contributed by atoms with E-state index < -0.39 is 6.09 Å². The molecule has 0 aliphatic heterocycles. The van der Waals surface area contributed by atoms with E-state index >= 15 is 0 Å². The van der Waals surface area contributed by atoms with Crippen molar-refractivity contribution in [3.8, 4) is 5.75 Å². The Hall–Kier alpha value is -3.08. The number of amides is 1. The summed E-state index contributed by atoms with van der Waals surface area (Å²) >= 11 is 0. The largest absolute Gasteiger partial charge is 0.505 e. The Balaban J connectivity index is 1.60. The second kappa shape index (κ2) is 6.79. The molecule has 1 heterocycles. The third kappa shape index (κ3) is 3.58. The number of carbonyl (C=O) groups excluding carboxylic acids is 1. The van der Waals surface area contributed by atoms with Gasteiger partial charge in [-0.2, -0.15) is 0 Å². The standard InChI is InChI=1S/C18H16N2O3/c21-17-15(9-8-14-7-4-10-19-16(14)17)11-20-18(22)23-12-13-5-2-1-3-6-13/h1-10,21H,11-12H2,(H,20,22). The van der Waals surface area contributed by atoms with Crippen molar-refractivity contribution < 1.29 is 14.6 Å². The van der Waals surface area contributed by atoms with E-state index in [1.165, 1.54) is 0 Å². The number of nitrogens with one attached hydrogen (secondary N) is 1. The Bertz CT molecular complexity index is 819. The van der Waals surface area contributed by atoms with E-state index in [9.17, 15) is 9.90 Å². The number of ether oxygens (including phenoxy) is 1. The van der Waals surface area contributed by atoms with E-state index in [1.807, 2.05) is 42.5 Å². The van der Waals surface area contributed by atoms with E-state index in [4.69, 9.17) is 4.74 Å². The fourth-order valence-electron chi connectivity index (χ4n) is 2.26. The van der Waals surface area contributed by atoms with Crippen molar-refractivity contribution in [2.45, 2.75) is 13.2 Å². The van der Waals surface area contributed by atoms with Gasteiger partial charge in [-0.3, -0.25) is 4.98 Å². The van der Waals surface area contributed by atoms with Crippen LogP contribution in [0.3, 0.4) is 0 Å². The van der Waals surface area contributed by atoms with Gasteiger partial charge < -0.3 is 15.2 Å². The maximum Gasteiger partial charge on any atom is 0.407 e. The third-order valence-electron chi connectivity index (χ3n) is 3.47. The number of hydrogen-bond acceptors (Lipinski definition) is 4. The van der Waals surface area contributed by atoms with Crippen LogP contribution in [0.15, 0.2) is 60.8 Å². The first-order valence-corrected chi connectivity index (χ1v) is 7.24. The molecule has 0 bridgehead atoms. The van der Waals surface area contributed by atoms with Crippen LogP contribution in [0.4, 0.5) is 4.79 Å². The van der Waals surface area contributed by atoms with Crippen LogP contribution in [-0.2, 0) is 17.9 Å². The second-order valence-electron chi connectivity index (χ2n) is 5.06. The molecule has 1 aromatic heterocycles. The van der Waals surface area contributed by atoms with Gasteiger partial charge >= 0.3 is 6.09 Å². The summed E-state index contributed by atoms with van der Waals surface area (Å²) in [6.07, 6.45) is 1.09. The molecule has 0 unspecified atom stereocenters. The van der Waals surface area contributed by atoms with E-state index in [1.54, 1.807) is 18.3 Å². The average molecular weight is 308 g/mol. The topological polar surface area (TPSA) is 71.5 Å². The van der Waals surface area contributed by atoms with Crippen LogP contribution in [0.1, 0.15) is 11.1 Å². The molecule has 5 heteroatoms. The molecule has 1 amide bonds. The van der Waals surface area contributed by atoms with Gasteiger partial charge in [-0.15, -0.1) is 0 Å². The van der Waals surface area contributed by atoms with Crippen molar-refractivity contribution in [1.82, 2.24) is 10.3 Å². The molecule has 0 radical (unpaired) electrons. The van der Waals surface area contributed by atoms with E-state index in [0.717, 1.165) is 10.9 Å². The number of aromatic nitrogens is 1. The van der Waals surface area contributed by atoms with Crippen molar-refractivity contribution in [2.75, 3.05) is 0 Å². The lowest BCUT2D eigenvalue weighted by Gasteiger charge is -2.09. The van der Waals surface area contributed by atoms with E-state index in [-0.39, 0.29) is 18.9 Å². The minimum Gasteiger partial charge on any atom is -0.505 e. The van der Waals surface area contributed by atoms with E-state index in [2.05, 4.69) is 10.3 Å². The summed E-state index contributed by atoms with van der Waals surface area (Å²) in [4.78, 5) is 15.9. The molecule has 0 aliphatic carbocycles. The summed E-state index contributed by atoms with van der Waals surface area (Å²) in [5.74, 6) is 0.0754. The predicted octanol–water partition coefficient (Wildman–Crippen LogP) is 3.37. The third-order valence-corrected chi connectivity index (χ3v) is 3.47. The molecular formula is C18H16N2O3. The highest BCUT2D eigenvalue weighted by Crippen LogP contribution is 2.26. The van der Waals surface area contributed by atoms with Crippen molar-refractivity contribution in [1.29, 1.82) is 0 Å². The zero-order chi connectivity index (χ0) is 16.1. The normalized spacial score (nSPS) is 10.4. The van der Waals surface area contributed by atoms with Crippen molar-refractivity contribution in [2.24, 2.45) is 0 Å². The minimum atomic E-state index is -0.533. The Morgan fingerprint density at radius 1 is 1.09 bits per heavy atom. The number of aromatic hydroxyl groups is 1. The summed E-state index contributed by atoms with van der Waals surface area (Å²) in [5.41, 5.74) is 2.03. The highest BCUT2D eigenvalue weighted by atomic mass is 16.5. The van der Waals surface area contributed by atoms with Crippen LogP contribution in [0, 0.1) is 0 Å². The molecule has 0 fully saturated rings. The molecule has 2 aromatic carbocycles. The zero-order valence-electron chi connectivity index (χ0n) is 12.4. The molecule has 0 atom stereocenters. The molecule has 3 aromatic rings. The summed E-state index contributed by atoms with van der Waals surface area (Å²) in [6, 6.07) is 16.7. The first kappa shape index (κ1) is 14.8. The first-order valence-electron chi connectivity index (χ1n) is 7.24. The molecule has 3 rings (SSSR count). The maximum absolute atomic E-state index is 11.7. The molecular weight excluding hydrogens is 292 g/mol. The van der Waals surface area contributed by atoms with Crippen LogP contribution in [0.2, 0.25) is 0 Å². The molecule has 5 nitrogen and oxygen atoms in total. The predicted molar refractivity (Wildman–Crippen MR) is 86.9 cm³/mol. The number of phenols is 1. The Kier molecular flexibility index (Phi) is 4.38. The zero-order valence-corrected chi connectivity index (χ0v) is 12.4. The van der Waals surface area contributed by atoms with Crippen LogP contribution in [0.5, 0.6) is 5.75 Å². The molecule has 23 heavy (non-hydrogen) atoms. The van der Waals surface area contributed by atoms with Crippen LogP contribution >= 0.6 is 0 Å². The number of hydrogen-bond donors (Lipinski definition) is 2. The molecule has 2 N–H and O–H groups in total. The lowest BCUT2D eigenvalue weighted by Crippen LogP contribution is -2.23. The van der Waals surface area contributed by atoms with Gasteiger partial charge in [0, 0.05) is 23.7 Å². The summed E-state index contributed by atoms with van der Waals surface area (Å²) < 4.78 is 5.13. The number of pyridine rings is 1. The van der Waals surface area contributed by atoms with Crippen LogP contribution in [0.25, 0.3) is 10.9 Å². The average Bonchev–Trinajstić information content (AvgIpc) is 2.60. The number of phenolic OH excluding ortho intramolecular Hbond substituents is 1. The summed E-state index contributed by atoms with van der Waals surface area (Å²) in [7, 11) is 0. The number of rotatable bonds is 4. The number of carbonyl (C=O) groups is 1.